The molecule has 0 aromatic heterocycles. The quantitative estimate of drug-likeness (QED) is 0.732. The topological polar surface area (TPSA) is 67.4 Å². The van der Waals surface area contributed by atoms with Crippen molar-refractivity contribution in [2.45, 2.75) is 44.8 Å². The Morgan fingerprint density at radius 1 is 1.56 bits per heavy atom. The Labute approximate surface area is 112 Å². The Bertz CT molecular complexity index is 315. The van der Waals surface area contributed by atoms with E-state index in [4.69, 9.17) is 4.74 Å². The molecule has 0 saturated carbocycles. The van der Waals surface area contributed by atoms with Crippen molar-refractivity contribution in [2.75, 3.05) is 18.6 Å². The summed E-state index contributed by atoms with van der Waals surface area (Å²) in [6, 6.07) is -0.823. The molecular weight excluding hydrogens is 252 g/mol. The fraction of sp³-hybridized carbons (Fsp3) is 0.833. The van der Waals surface area contributed by atoms with Crippen LogP contribution in [0.3, 0.4) is 0 Å². The summed E-state index contributed by atoms with van der Waals surface area (Å²) < 4.78 is 5.06. The molecule has 1 saturated heterocycles. The summed E-state index contributed by atoms with van der Waals surface area (Å²) in [6.45, 7) is 5.87. The van der Waals surface area contributed by atoms with E-state index in [0.29, 0.717) is 6.42 Å². The van der Waals surface area contributed by atoms with Crippen molar-refractivity contribution in [2.24, 2.45) is 0 Å². The number of rotatable bonds is 4. The van der Waals surface area contributed by atoms with E-state index in [9.17, 15) is 9.59 Å². The molecule has 1 rings (SSSR count). The van der Waals surface area contributed by atoms with E-state index in [2.05, 4.69) is 10.6 Å². The van der Waals surface area contributed by atoms with Gasteiger partial charge in [0.15, 0.2) is 0 Å². The first kappa shape index (κ1) is 15.3. The smallest absolute Gasteiger partial charge is 0.323 e. The molecule has 1 aliphatic heterocycles. The second-order valence-electron chi connectivity index (χ2n) is 5.42. The third kappa shape index (κ3) is 4.86. The average molecular weight is 274 g/mol. The van der Waals surface area contributed by atoms with E-state index in [0.717, 1.165) is 5.75 Å². The zero-order chi connectivity index (χ0) is 13.8. The minimum Gasteiger partial charge on any atom is -0.462 e. The number of hydrogen-bond acceptors (Lipinski definition) is 5. The van der Waals surface area contributed by atoms with Gasteiger partial charge in [-0.2, -0.15) is 11.8 Å². The molecule has 1 amide bonds. The van der Waals surface area contributed by atoms with Crippen molar-refractivity contribution in [3.63, 3.8) is 0 Å². The monoisotopic (exact) mass is 274 g/mol. The van der Waals surface area contributed by atoms with Gasteiger partial charge in [-0.25, -0.2) is 0 Å². The number of hydrogen-bond donors (Lipinski definition) is 2. The molecule has 0 aliphatic carbocycles. The molecule has 0 aromatic carbocycles. The Balaban J connectivity index is 2.53. The molecule has 1 heterocycles. The van der Waals surface area contributed by atoms with Crippen LogP contribution in [0, 0.1) is 0 Å². The summed E-state index contributed by atoms with van der Waals surface area (Å²) in [7, 11) is 0. The van der Waals surface area contributed by atoms with Crippen LogP contribution in [0.1, 0.15) is 27.2 Å². The van der Waals surface area contributed by atoms with Gasteiger partial charge < -0.3 is 10.1 Å². The van der Waals surface area contributed by atoms with E-state index < -0.39 is 6.04 Å². The number of ether oxygens (including phenoxy) is 1. The maximum Gasteiger partial charge on any atom is 0.323 e. The molecule has 6 heteroatoms. The second-order valence-corrected chi connectivity index (χ2v) is 6.41. The van der Waals surface area contributed by atoms with E-state index in [1.165, 1.54) is 0 Å². The normalized spacial score (nSPS) is 24.6. The zero-order valence-electron chi connectivity index (χ0n) is 11.4. The van der Waals surface area contributed by atoms with Crippen molar-refractivity contribution in [3.8, 4) is 0 Å². The van der Waals surface area contributed by atoms with E-state index in [1.807, 2.05) is 27.0 Å². The fourth-order valence-corrected chi connectivity index (χ4v) is 2.14. The second kappa shape index (κ2) is 6.43. The summed E-state index contributed by atoms with van der Waals surface area (Å²) in [4.78, 5) is 23.5. The van der Waals surface area contributed by atoms with Gasteiger partial charge in [-0.1, -0.05) is 0 Å². The summed E-state index contributed by atoms with van der Waals surface area (Å²) in [5, 5.41) is 5.94. The third-order valence-corrected chi connectivity index (χ3v) is 3.15. The van der Waals surface area contributed by atoms with Crippen LogP contribution in [-0.2, 0) is 14.3 Å². The van der Waals surface area contributed by atoms with Crippen molar-refractivity contribution in [3.05, 3.63) is 0 Å². The molecule has 5 nitrogen and oxygen atoms in total. The van der Waals surface area contributed by atoms with Crippen LogP contribution in [0.25, 0.3) is 0 Å². The van der Waals surface area contributed by atoms with Gasteiger partial charge in [-0.05, 0) is 39.2 Å². The van der Waals surface area contributed by atoms with Crippen LogP contribution >= 0.6 is 11.8 Å². The zero-order valence-corrected chi connectivity index (χ0v) is 12.2. The maximum atomic E-state index is 12.0. The molecule has 1 fully saturated rings. The first-order valence-corrected chi connectivity index (χ1v) is 7.46. The lowest BCUT2D eigenvalue weighted by atomic mass is 10.1. The predicted molar refractivity (Wildman–Crippen MR) is 72.6 cm³/mol. The standard InChI is InChI=1S/C12H22N2O3S/c1-12(2,3)14-10(15)9-7-17-11(16)8(13-9)5-6-18-4/h8-9,13H,5-7H2,1-4H3,(H,14,15)/t8-,9?/m0/s1. The highest BCUT2D eigenvalue weighted by atomic mass is 32.2. The SMILES string of the molecule is CSCC[C@@H]1NC(C(=O)NC(C)(C)C)COC1=O. The molecule has 2 N–H and O–H groups in total. The fourth-order valence-electron chi connectivity index (χ4n) is 1.67. The predicted octanol–water partition coefficient (Wildman–Crippen LogP) is 0.538. The Hall–Kier alpha value is -0.750. The van der Waals surface area contributed by atoms with Crippen molar-refractivity contribution in [1.82, 2.24) is 10.6 Å². The van der Waals surface area contributed by atoms with Gasteiger partial charge in [0.05, 0.1) is 0 Å². The van der Waals surface area contributed by atoms with Crippen LogP contribution < -0.4 is 10.6 Å². The Kier molecular flexibility index (Phi) is 5.47. The Morgan fingerprint density at radius 2 is 2.22 bits per heavy atom. The van der Waals surface area contributed by atoms with E-state index in [-0.39, 0.29) is 30.1 Å². The lowest BCUT2D eigenvalue weighted by Crippen LogP contribution is -2.60. The van der Waals surface area contributed by atoms with Crippen molar-refractivity contribution < 1.29 is 14.3 Å². The highest BCUT2D eigenvalue weighted by Crippen LogP contribution is 2.09. The van der Waals surface area contributed by atoms with Crippen molar-refractivity contribution >= 4 is 23.6 Å². The van der Waals surface area contributed by atoms with Crippen LogP contribution in [0.2, 0.25) is 0 Å². The number of amides is 1. The van der Waals surface area contributed by atoms with Crippen molar-refractivity contribution in [1.29, 1.82) is 0 Å². The first-order chi connectivity index (χ1) is 8.33. The van der Waals surface area contributed by atoms with Crippen LogP contribution in [-0.4, -0.2) is 48.1 Å². The number of cyclic esters (lactones) is 1. The molecule has 0 aromatic rings. The molecule has 2 atom stereocenters. The molecule has 0 bridgehead atoms. The minimum absolute atomic E-state index is 0.108. The largest absolute Gasteiger partial charge is 0.462 e. The average Bonchev–Trinajstić information content (AvgIpc) is 2.25. The van der Waals surface area contributed by atoms with Gasteiger partial charge in [0.25, 0.3) is 0 Å². The molecule has 18 heavy (non-hydrogen) atoms. The number of nitrogens with one attached hydrogen (secondary N) is 2. The van der Waals surface area contributed by atoms with Crippen LogP contribution in [0.5, 0.6) is 0 Å². The summed E-state index contributed by atoms with van der Waals surface area (Å²) in [5.41, 5.74) is -0.283. The van der Waals surface area contributed by atoms with Gasteiger partial charge in [0.2, 0.25) is 5.91 Å². The number of carbonyl (C=O) groups excluding carboxylic acids is 2. The number of esters is 1. The van der Waals surface area contributed by atoms with E-state index in [1.54, 1.807) is 11.8 Å². The number of morpholine rings is 1. The van der Waals surface area contributed by atoms with Crippen LogP contribution in [0.4, 0.5) is 0 Å². The molecule has 0 spiro atoms. The first-order valence-electron chi connectivity index (χ1n) is 6.07. The third-order valence-electron chi connectivity index (χ3n) is 2.50. The lowest BCUT2D eigenvalue weighted by Gasteiger charge is -2.31. The van der Waals surface area contributed by atoms with E-state index >= 15 is 0 Å². The summed E-state index contributed by atoms with van der Waals surface area (Å²) in [5.74, 6) is 0.480. The molecular formula is C12H22N2O3S. The molecule has 1 aliphatic rings. The van der Waals surface area contributed by atoms with Gasteiger partial charge in [-0.3, -0.25) is 14.9 Å². The highest BCUT2D eigenvalue weighted by Gasteiger charge is 2.34. The van der Waals surface area contributed by atoms with Gasteiger partial charge in [0.1, 0.15) is 18.7 Å². The summed E-state index contributed by atoms with van der Waals surface area (Å²) in [6.07, 6.45) is 2.66. The molecule has 104 valence electrons. The molecule has 1 unspecified atom stereocenters. The molecule has 0 radical (unpaired) electrons. The Morgan fingerprint density at radius 3 is 2.78 bits per heavy atom. The van der Waals surface area contributed by atoms with Gasteiger partial charge in [-0.15, -0.1) is 0 Å². The van der Waals surface area contributed by atoms with Gasteiger partial charge >= 0.3 is 5.97 Å². The summed E-state index contributed by atoms with van der Waals surface area (Å²) >= 11 is 1.67. The minimum atomic E-state index is -0.450. The van der Waals surface area contributed by atoms with Gasteiger partial charge in [0, 0.05) is 5.54 Å². The van der Waals surface area contributed by atoms with Crippen LogP contribution in [0.15, 0.2) is 0 Å². The lowest BCUT2D eigenvalue weighted by molar-refractivity contribution is -0.153. The maximum absolute atomic E-state index is 12.0. The highest BCUT2D eigenvalue weighted by molar-refractivity contribution is 7.98. The number of carbonyl (C=O) groups is 2. The number of thioether (sulfide) groups is 1.